The Labute approximate surface area is 143 Å². The van der Waals surface area contributed by atoms with Crippen molar-refractivity contribution in [1.29, 1.82) is 0 Å². The molecule has 0 N–H and O–H groups in total. The third kappa shape index (κ3) is 2.48. The molecule has 0 bridgehead atoms. The Morgan fingerprint density at radius 3 is 2.29 bits per heavy atom. The van der Waals surface area contributed by atoms with Crippen LogP contribution in [0.15, 0.2) is 0 Å². The summed E-state index contributed by atoms with van der Waals surface area (Å²) in [5, 5.41) is 0. The van der Waals surface area contributed by atoms with Crippen LogP contribution in [0, 0.1) is 11.8 Å². The number of hydrogen-bond donors (Lipinski definition) is 0. The molecule has 24 heavy (non-hydrogen) atoms. The van der Waals surface area contributed by atoms with Gasteiger partial charge in [0.15, 0.2) is 0 Å². The smallest absolute Gasteiger partial charge is 0.319 e. The SMILES string of the molecule is CN(C)C(=O)N1C[C@@H]2C(=O)N(C)C3(CCN(S(C)(=O)=O)CC3)[C@@H]2C1. The molecule has 3 rings (SSSR count). The van der Waals surface area contributed by atoms with Crippen LogP contribution in [-0.2, 0) is 14.8 Å². The largest absolute Gasteiger partial charge is 0.339 e. The number of carbonyl (C=O) groups is 2. The van der Waals surface area contributed by atoms with Gasteiger partial charge in [0.05, 0.1) is 17.7 Å². The van der Waals surface area contributed by atoms with Crippen LogP contribution in [0.1, 0.15) is 12.8 Å². The van der Waals surface area contributed by atoms with E-state index in [9.17, 15) is 18.0 Å². The highest BCUT2D eigenvalue weighted by Crippen LogP contribution is 2.49. The van der Waals surface area contributed by atoms with Gasteiger partial charge in [-0.2, -0.15) is 0 Å². The second-order valence-electron chi connectivity index (χ2n) is 7.46. The molecule has 3 amide bonds. The predicted octanol–water partition coefficient (Wildman–Crippen LogP) is -0.518. The van der Waals surface area contributed by atoms with Crippen molar-refractivity contribution >= 4 is 22.0 Å². The summed E-state index contributed by atoms with van der Waals surface area (Å²) in [6.45, 7) is 1.89. The standard InChI is InChI=1S/C15H26N4O4S/c1-16(2)14(21)18-9-11-12(10-18)15(17(3)13(11)20)5-7-19(8-6-15)24(4,22)23/h11-12H,5-10H2,1-4H3/t11-,12+/m0/s1. The number of rotatable bonds is 1. The topological polar surface area (TPSA) is 81.2 Å². The molecule has 8 nitrogen and oxygen atoms in total. The van der Waals surface area contributed by atoms with Crippen molar-refractivity contribution < 1.29 is 18.0 Å². The number of likely N-dealkylation sites (tertiary alicyclic amines) is 2. The Balaban J connectivity index is 1.82. The summed E-state index contributed by atoms with van der Waals surface area (Å²) in [6, 6.07) is -0.0661. The van der Waals surface area contributed by atoms with E-state index in [1.807, 2.05) is 11.9 Å². The zero-order chi connectivity index (χ0) is 17.9. The molecule has 0 aromatic rings. The molecule has 1 spiro atoms. The van der Waals surface area contributed by atoms with Crippen LogP contribution >= 0.6 is 0 Å². The quantitative estimate of drug-likeness (QED) is 0.632. The molecule has 0 aromatic heterocycles. The van der Waals surface area contributed by atoms with Crippen LogP contribution < -0.4 is 0 Å². The van der Waals surface area contributed by atoms with Crippen molar-refractivity contribution in [3.63, 3.8) is 0 Å². The Morgan fingerprint density at radius 2 is 1.79 bits per heavy atom. The van der Waals surface area contributed by atoms with Gasteiger partial charge in [-0.3, -0.25) is 4.79 Å². The molecular formula is C15H26N4O4S. The third-order valence-electron chi connectivity index (χ3n) is 6.04. The van der Waals surface area contributed by atoms with E-state index in [0.29, 0.717) is 39.0 Å². The van der Waals surface area contributed by atoms with E-state index in [4.69, 9.17) is 0 Å². The molecule has 3 saturated heterocycles. The molecule has 0 radical (unpaired) electrons. The first-order valence-corrected chi connectivity index (χ1v) is 10.1. The van der Waals surface area contributed by atoms with Crippen LogP contribution in [0.25, 0.3) is 0 Å². The highest BCUT2D eigenvalue weighted by atomic mass is 32.2. The molecule has 0 aromatic carbocycles. The number of amides is 3. The van der Waals surface area contributed by atoms with Gasteiger partial charge in [0, 0.05) is 53.2 Å². The molecule has 3 aliphatic heterocycles. The molecule has 0 unspecified atom stereocenters. The van der Waals surface area contributed by atoms with Gasteiger partial charge in [-0.05, 0) is 12.8 Å². The van der Waals surface area contributed by atoms with Crippen molar-refractivity contribution in [2.24, 2.45) is 11.8 Å². The molecule has 0 saturated carbocycles. The normalized spacial score (nSPS) is 30.1. The maximum atomic E-state index is 12.7. The Morgan fingerprint density at radius 1 is 1.21 bits per heavy atom. The molecule has 3 fully saturated rings. The van der Waals surface area contributed by atoms with E-state index < -0.39 is 10.0 Å². The van der Waals surface area contributed by atoms with Crippen LogP contribution in [0.4, 0.5) is 4.79 Å². The lowest BCUT2D eigenvalue weighted by Crippen LogP contribution is -2.56. The fraction of sp³-hybridized carbons (Fsp3) is 0.867. The predicted molar refractivity (Wildman–Crippen MR) is 88.8 cm³/mol. The zero-order valence-electron chi connectivity index (χ0n) is 14.7. The molecular weight excluding hydrogens is 332 g/mol. The molecule has 9 heteroatoms. The summed E-state index contributed by atoms with van der Waals surface area (Å²) >= 11 is 0. The third-order valence-corrected chi connectivity index (χ3v) is 7.34. The van der Waals surface area contributed by atoms with Crippen molar-refractivity contribution in [3.05, 3.63) is 0 Å². The number of urea groups is 1. The fourth-order valence-corrected chi connectivity index (χ4v) is 5.51. The monoisotopic (exact) mass is 358 g/mol. The summed E-state index contributed by atoms with van der Waals surface area (Å²) < 4.78 is 25.0. The zero-order valence-corrected chi connectivity index (χ0v) is 15.5. The maximum absolute atomic E-state index is 12.7. The average Bonchev–Trinajstić information content (AvgIpc) is 3.03. The Hall–Kier alpha value is -1.35. The summed E-state index contributed by atoms with van der Waals surface area (Å²) in [7, 11) is 2.05. The van der Waals surface area contributed by atoms with Gasteiger partial charge in [0.2, 0.25) is 15.9 Å². The lowest BCUT2D eigenvalue weighted by atomic mass is 9.75. The first-order chi connectivity index (χ1) is 11.1. The highest BCUT2D eigenvalue weighted by molar-refractivity contribution is 7.88. The molecule has 136 valence electrons. The molecule has 3 heterocycles. The van der Waals surface area contributed by atoms with Crippen molar-refractivity contribution in [2.75, 3.05) is 53.6 Å². The van der Waals surface area contributed by atoms with Gasteiger partial charge in [-0.25, -0.2) is 17.5 Å². The fourth-order valence-electron chi connectivity index (χ4n) is 4.67. The molecule has 3 aliphatic rings. The molecule has 0 aliphatic carbocycles. The summed E-state index contributed by atoms with van der Waals surface area (Å²) in [5.41, 5.74) is -0.329. The second-order valence-corrected chi connectivity index (χ2v) is 9.44. The van der Waals surface area contributed by atoms with Gasteiger partial charge in [-0.1, -0.05) is 0 Å². The minimum absolute atomic E-state index is 0.0661. The Bertz CT molecular complexity index is 654. The van der Waals surface area contributed by atoms with E-state index in [-0.39, 0.29) is 29.3 Å². The number of sulfonamides is 1. The van der Waals surface area contributed by atoms with Crippen molar-refractivity contribution in [2.45, 2.75) is 18.4 Å². The number of fused-ring (bicyclic) bond motifs is 2. The molecule has 2 atom stereocenters. The van der Waals surface area contributed by atoms with Gasteiger partial charge < -0.3 is 14.7 Å². The Kier molecular flexibility index (Phi) is 4.07. The van der Waals surface area contributed by atoms with Crippen LogP contribution in [0.2, 0.25) is 0 Å². The highest BCUT2D eigenvalue weighted by Gasteiger charge is 2.61. The summed E-state index contributed by atoms with van der Waals surface area (Å²) in [4.78, 5) is 30.1. The summed E-state index contributed by atoms with van der Waals surface area (Å²) in [5.74, 6) is 0.00570. The first kappa shape index (κ1) is 17.5. The van der Waals surface area contributed by atoms with Crippen LogP contribution in [0.5, 0.6) is 0 Å². The number of nitrogens with zero attached hydrogens (tertiary/aromatic N) is 4. The maximum Gasteiger partial charge on any atom is 0.319 e. The van der Waals surface area contributed by atoms with Gasteiger partial charge in [-0.15, -0.1) is 0 Å². The first-order valence-electron chi connectivity index (χ1n) is 8.27. The lowest BCUT2D eigenvalue weighted by molar-refractivity contribution is -0.133. The van der Waals surface area contributed by atoms with Crippen LogP contribution in [-0.4, -0.2) is 98.5 Å². The number of hydrogen-bond acceptors (Lipinski definition) is 4. The minimum atomic E-state index is -3.20. The van der Waals surface area contributed by atoms with E-state index in [1.54, 1.807) is 19.0 Å². The lowest BCUT2D eigenvalue weighted by Gasteiger charge is -2.46. The number of piperidine rings is 1. The van der Waals surface area contributed by atoms with Crippen molar-refractivity contribution in [1.82, 2.24) is 19.0 Å². The van der Waals surface area contributed by atoms with Crippen LogP contribution in [0.3, 0.4) is 0 Å². The van der Waals surface area contributed by atoms with E-state index in [0.717, 1.165) is 0 Å². The van der Waals surface area contributed by atoms with E-state index in [1.165, 1.54) is 15.5 Å². The van der Waals surface area contributed by atoms with E-state index in [2.05, 4.69) is 0 Å². The van der Waals surface area contributed by atoms with E-state index >= 15 is 0 Å². The van der Waals surface area contributed by atoms with Crippen molar-refractivity contribution in [3.8, 4) is 0 Å². The summed E-state index contributed by atoms with van der Waals surface area (Å²) in [6.07, 6.45) is 2.49. The van der Waals surface area contributed by atoms with Gasteiger partial charge in [0.1, 0.15) is 0 Å². The number of carbonyl (C=O) groups excluding carboxylic acids is 2. The minimum Gasteiger partial charge on any atom is -0.339 e. The second kappa shape index (κ2) is 5.59. The van der Waals surface area contributed by atoms with Gasteiger partial charge in [0.25, 0.3) is 0 Å². The van der Waals surface area contributed by atoms with Gasteiger partial charge >= 0.3 is 6.03 Å². The average molecular weight is 358 g/mol.